The molecule has 6 heteroatoms. The van der Waals surface area contributed by atoms with Crippen molar-refractivity contribution in [3.63, 3.8) is 0 Å². The molecule has 0 radical (unpaired) electrons. The van der Waals surface area contributed by atoms with E-state index < -0.39 is 23.7 Å². The minimum absolute atomic E-state index is 0.0649. The van der Waals surface area contributed by atoms with E-state index in [0.717, 1.165) is 0 Å². The second-order valence-corrected chi connectivity index (χ2v) is 4.34. The third kappa shape index (κ3) is 5.05. The van der Waals surface area contributed by atoms with Gasteiger partial charge in [-0.1, -0.05) is 30.3 Å². The molecule has 1 rings (SSSR count). The lowest BCUT2D eigenvalue weighted by Crippen LogP contribution is -2.32. The van der Waals surface area contributed by atoms with Gasteiger partial charge in [-0.15, -0.1) is 0 Å². The van der Waals surface area contributed by atoms with Crippen LogP contribution in [0.15, 0.2) is 36.4 Å². The van der Waals surface area contributed by atoms with Crippen LogP contribution < -0.4 is 5.32 Å². The molecule has 110 valence electrons. The molecule has 20 heavy (non-hydrogen) atoms. The monoisotopic (exact) mass is 287 g/mol. The third-order valence-corrected chi connectivity index (χ3v) is 2.62. The van der Waals surface area contributed by atoms with Crippen LogP contribution in [0.25, 0.3) is 5.57 Å². The number of allylic oxidation sites excluding steroid dienone is 1. The first-order chi connectivity index (χ1) is 9.34. The molecule has 0 aliphatic heterocycles. The number of halogens is 3. The summed E-state index contributed by atoms with van der Waals surface area (Å²) in [4.78, 5) is 11.6. The van der Waals surface area contributed by atoms with E-state index in [1.807, 2.05) is 0 Å². The van der Waals surface area contributed by atoms with Crippen LogP contribution in [0.5, 0.6) is 0 Å². The number of hydrogen-bond donors (Lipinski definition) is 2. The quantitative estimate of drug-likeness (QED) is 0.818. The molecule has 0 fully saturated rings. The average Bonchev–Trinajstić information content (AvgIpc) is 2.36. The maximum Gasteiger partial charge on any atom is 0.417 e. The Morgan fingerprint density at radius 2 is 1.95 bits per heavy atom. The van der Waals surface area contributed by atoms with Gasteiger partial charge in [0, 0.05) is 18.7 Å². The summed E-state index contributed by atoms with van der Waals surface area (Å²) in [6.07, 6.45) is -3.78. The lowest BCUT2D eigenvalue weighted by molar-refractivity contribution is -0.117. The molecular formula is C14H16F3NO2. The molecule has 1 amide bonds. The van der Waals surface area contributed by atoms with Crippen molar-refractivity contribution in [3.8, 4) is 0 Å². The molecule has 1 atom stereocenters. The molecule has 0 heterocycles. The van der Waals surface area contributed by atoms with E-state index in [4.69, 9.17) is 5.11 Å². The highest BCUT2D eigenvalue weighted by molar-refractivity contribution is 5.96. The summed E-state index contributed by atoms with van der Waals surface area (Å²) in [5.74, 6) is -0.831. The Hall–Kier alpha value is -1.82. The van der Waals surface area contributed by atoms with Crippen molar-refractivity contribution in [2.45, 2.75) is 25.6 Å². The molecule has 1 aromatic carbocycles. The van der Waals surface area contributed by atoms with E-state index in [0.29, 0.717) is 6.08 Å². The van der Waals surface area contributed by atoms with Gasteiger partial charge in [-0.2, -0.15) is 13.2 Å². The largest absolute Gasteiger partial charge is 0.417 e. The number of alkyl halides is 3. The number of carbonyl (C=O) groups excluding carboxylic acids is 1. The Bertz CT molecular complexity index is 469. The van der Waals surface area contributed by atoms with Crippen LogP contribution in [0.3, 0.4) is 0 Å². The summed E-state index contributed by atoms with van der Waals surface area (Å²) in [5, 5.41) is 11.1. The Kier molecular flexibility index (Phi) is 5.76. The van der Waals surface area contributed by atoms with Crippen molar-refractivity contribution in [2.24, 2.45) is 0 Å². The summed E-state index contributed by atoms with van der Waals surface area (Å²) < 4.78 is 38.9. The second-order valence-electron chi connectivity index (χ2n) is 4.34. The lowest BCUT2D eigenvalue weighted by atomic mass is 10.0. The fourth-order valence-electron chi connectivity index (χ4n) is 1.63. The lowest BCUT2D eigenvalue weighted by Gasteiger charge is -2.14. The van der Waals surface area contributed by atoms with E-state index in [2.05, 4.69) is 5.32 Å². The highest BCUT2D eigenvalue weighted by Crippen LogP contribution is 2.33. The highest BCUT2D eigenvalue weighted by Gasteiger charge is 2.35. The Morgan fingerprint density at radius 1 is 1.35 bits per heavy atom. The molecule has 0 saturated carbocycles. The van der Waals surface area contributed by atoms with E-state index in [1.54, 1.807) is 13.0 Å². The van der Waals surface area contributed by atoms with Gasteiger partial charge in [0.05, 0.1) is 5.57 Å². The van der Waals surface area contributed by atoms with Gasteiger partial charge < -0.3 is 10.4 Å². The second kappa shape index (κ2) is 7.09. The van der Waals surface area contributed by atoms with Gasteiger partial charge in [0.15, 0.2) is 0 Å². The van der Waals surface area contributed by atoms with Crippen molar-refractivity contribution in [1.82, 2.24) is 5.32 Å². The van der Waals surface area contributed by atoms with Crippen LogP contribution in [-0.4, -0.2) is 29.8 Å². The van der Waals surface area contributed by atoms with E-state index in [-0.39, 0.29) is 18.6 Å². The maximum atomic E-state index is 13.0. The van der Waals surface area contributed by atoms with Gasteiger partial charge in [0.2, 0.25) is 5.91 Å². The van der Waals surface area contributed by atoms with Crippen molar-refractivity contribution in [3.05, 3.63) is 42.0 Å². The first-order valence-corrected chi connectivity index (χ1v) is 6.10. The van der Waals surface area contributed by atoms with Crippen LogP contribution in [-0.2, 0) is 4.79 Å². The zero-order valence-corrected chi connectivity index (χ0v) is 10.9. The van der Waals surface area contributed by atoms with Gasteiger partial charge in [-0.05, 0) is 18.9 Å². The van der Waals surface area contributed by atoms with Gasteiger partial charge >= 0.3 is 6.18 Å². The van der Waals surface area contributed by atoms with Crippen LogP contribution in [0.4, 0.5) is 13.2 Å². The zero-order chi connectivity index (χ0) is 15.2. The third-order valence-electron chi connectivity index (χ3n) is 2.62. The fraction of sp³-hybridized carbons (Fsp3) is 0.357. The number of amides is 1. The number of aliphatic hydroxyl groups excluding tert-OH is 1. The van der Waals surface area contributed by atoms with Gasteiger partial charge in [0.1, 0.15) is 0 Å². The Balaban J connectivity index is 2.95. The fourth-order valence-corrected chi connectivity index (χ4v) is 1.63. The summed E-state index contributed by atoms with van der Waals surface area (Å²) in [6.45, 7) is 1.47. The summed E-state index contributed by atoms with van der Waals surface area (Å²) in [6, 6.07) is 6.74. The zero-order valence-electron chi connectivity index (χ0n) is 10.9. The molecule has 1 aromatic rings. The first kappa shape index (κ1) is 16.2. The molecule has 2 N–H and O–H groups in total. The highest BCUT2D eigenvalue weighted by atomic mass is 19.4. The standard InChI is InChI=1S/C14H16F3NO2/c1-10(7-8-19)18-13(20)9-12(14(15,16)17)11-5-3-2-4-6-11/h2-6,9-10,19H,7-8H2,1H3,(H,18,20)/b12-9-/t10-/m1/s1. The van der Waals surface area contributed by atoms with Crippen molar-refractivity contribution < 1.29 is 23.1 Å². The summed E-state index contributed by atoms with van der Waals surface area (Å²) in [5.41, 5.74) is -1.06. The van der Waals surface area contributed by atoms with Crippen LogP contribution in [0.1, 0.15) is 18.9 Å². The molecule has 0 aliphatic rings. The van der Waals surface area contributed by atoms with Gasteiger partial charge in [-0.25, -0.2) is 0 Å². The topological polar surface area (TPSA) is 49.3 Å². The molecule has 0 aliphatic carbocycles. The number of carbonyl (C=O) groups is 1. The molecular weight excluding hydrogens is 271 g/mol. The predicted octanol–water partition coefficient (Wildman–Crippen LogP) is 2.52. The Labute approximate surface area is 115 Å². The normalized spacial score (nSPS) is 13.9. The SMILES string of the molecule is C[C@H](CCO)NC(=O)/C=C(/c1ccccc1)C(F)(F)F. The molecule has 0 saturated heterocycles. The molecule has 0 unspecified atom stereocenters. The van der Waals surface area contributed by atoms with Crippen LogP contribution >= 0.6 is 0 Å². The van der Waals surface area contributed by atoms with E-state index in [9.17, 15) is 18.0 Å². The number of aliphatic hydroxyl groups is 1. The van der Waals surface area contributed by atoms with Crippen LogP contribution in [0.2, 0.25) is 0 Å². The van der Waals surface area contributed by atoms with Gasteiger partial charge in [0.25, 0.3) is 0 Å². The first-order valence-electron chi connectivity index (χ1n) is 6.10. The van der Waals surface area contributed by atoms with Gasteiger partial charge in [-0.3, -0.25) is 4.79 Å². The smallest absolute Gasteiger partial charge is 0.396 e. The average molecular weight is 287 g/mol. The minimum atomic E-state index is -4.61. The van der Waals surface area contributed by atoms with Crippen LogP contribution in [0, 0.1) is 0 Å². The van der Waals surface area contributed by atoms with Crippen molar-refractivity contribution >= 4 is 11.5 Å². The molecule has 0 aromatic heterocycles. The molecule has 3 nitrogen and oxygen atoms in total. The molecule has 0 bridgehead atoms. The maximum absolute atomic E-state index is 13.0. The number of benzene rings is 1. The number of hydrogen-bond acceptors (Lipinski definition) is 2. The minimum Gasteiger partial charge on any atom is -0.396 e. The predicted molar refractivity (Wildman–Crippen MR) is 69.8 cm³/mol. The number of nitrogens with one attached hydrogen (secondary N) is 1. The number of rotatable bonds is 5. The summed E-state index contributed by atoms with van der Waals surface area (Å²) in [7, 11) is 0. The molecule has 0 spiro atoms. The van der Waals surface area contributed by atoms with Crippen molar-refractivity contribution in [2.75, 3.05) is 6.61 Å². The Morgan fingerprint density at radius 3 is 2.45 bits per heavy atom. The van der Waals surface area contributed by atoms with Crippen molar-refractivity contribution in [1.29, 1.82) is 0 Å². The summed E-state index contributed by atoms with van der Waals surface area (Å²) >= 11 is 0. The van der Waals surface area contributed by atoms with E-state index >= 15 is 0 Å². The van der Waals surface area contributed by atoms with E-state index in [1.165, 1.54) is 24.3 Å².